The number of aromatic nitrogens is 2. The first kappa shape index (κ1) is 21.8. The molecule has 0 saturated heterocycles. The van der Waals surface area contributed by atoms with Gasteiger partial charge in [-0.25, -0.2) is 0 Å². The molecule has 1 aliphatic rings. The standard InChI is InChI=1S/C23H24F3N5O/c1-30-19-7-10-29-9-6-17(19)16-3-2-15(13-20(16)30)31-11-8-14(12-22(31)32)18(27)4-5-21(28)23(24,25)26/h2-5,8,11-13,29H,6-7,9-10,27-28H2,1H3/b18-4-,21-5-. The summed E-state index contributed by atoms with van der Waals surface area (Å²) in [6.07, 6.45) is 0.561. The Hall–Kier alpha value is -3.46. The molecule has 0 saturated carbocycles. The van der Waals surface area contributed by atoms with Gasteiger partial charge in [0.05, 0.1) is 11.2 Å². The highest BCUT2D eigenvalue weighted by Crippen LogP contribution is 2.29. The highest BCUT2D eigenvalue weighted by molar-refractivity contribution is 5.87. The lowest BCUT2D eigenvalue weighted by atomic mass is 10.1. The lowest BCUT2D eigenvalue weighted by Gasteiger charge is -2.09. The number of nitrogens with zero attached hydrogens (tertiary/aromatic N) is 2. The van der Waals surface area contributed by atoms with Crippen molar-refractivity contribution in [2.75, 3.05) is 13.1 Å². The van der Waals surface area contributed by atoms with Crippen LogP contribution in [0.5, 0.6) is 0 Å². The largest absolute Gasteiger partial charge is 0.430 e. The van der Waals surface area contributed by atoms with Gasteiger partial charge in [-0.15, -0.1) is 0 Å². The SMILES string of the molecule is Cn1c2c(c3ccc(-n4ccc(/C(N)=C/C=C(\N)C(F)(F)F)cc4=O)cc31)CCNCC2. The van der Waals surface area contributed by atoms with E-state index in [1.165, 1.54) is 27.3 Å². The van der Waals surface area contributed by atoms with Crippen LogP contribution >= 0.6 is 0 Å². The third kappa shape index (κ3) is 4.03. The van der Waals surface area contributed by atoms with Crippen molar-refractivity contribution in [1.82, 2.24) is 14.5 Å². The molecule has 1 aromatic carbocycles. The summed E-state index contributed by atoms with van der Waals surface area (Å²) in [7, 11) is 2.04. The fourth-order valence-electron chi connectivity index (χ4n) is 4.09. The third-order valence-electron chi connectivity index (χ3n) is 5.81. The first-order valence-corrected chi connectivity index (χ1v) is 10.2. The Morgan fingerprint density at radius 2 is 1.84 bits per heavy atom. The molecule has 5 N–H and O–H groups in total. The molecule has 2 aromatic heterocycles. The van der Waals surface area contributed by atoms with Crippen molar-refractivity contribution in [3.8, 4) is 5.69 Å². The van der Waals surface area contributed by atoms with E-state index in [9.17, 15) is 18.0 Å². The van der Waals surface area contributed by atoms with Crippen molar-refractivity contribution in [3.63, 3.8) is 0 Å². The predicted molar refractivity (Wildman–Crippen MR) is 119 cm³/mol. The summed E-state index contributed by atoms with van der Waals surface area (Å²) in [5, 5.41) is 4.60. The lowest BCUT2D eigenvalue weighted by Crippen LogP contribution is -2.19. The normalized spacial score (nSPS) is 15.6. The summed E-state index contributed by atoms with van der Waals surface area (Å²) in [5.74, 6) is 0. The molecule has 0 bridgehead atoms. The number of hydrogen-bond acceptors (Lipinski definition) is 4. The average molecular weight is 443 g/mol. The highest BCUT2D eigenvalue weighted by Gasteiger charge is 2.30. The monoisotopic (exact) mass is 443 g/mol. The Kier molecular flexibility index (Phi) is 5.60. The van der Waals surface area contributed by atoms with E-state index in [0.29, 0.717) is 17.3 Å². The molecular weight excluding hydrogens is 419 g/mol. The molecule has 0 atom stereocenters. The van der Waals surface area contributed by atoms with Gasteiger partial charge in [0.25, 0.3) is 5.56 Å². The maximum atomic E-state index is 12.7. The molecule has 3 aromatic rings. The van der Waals surface area contributed by atoms with Crippen molar-refractivity contribution in [1.29, 1.82) is 0 Å². The van der Waals surface area contributed by atoms with Gasteiger partial charge in [-0.2, -0.15) is 13.2 Å². The topological polar surface area (TPSA) is 91.0 Å². The molecular formula is C23H24F3N5O. The molecule has 0 spiro atoms. The minimum atomic E-state index is -4.63. The molecule has 0 amide bonds. The van der Waals surface area contributed by atoms with E-state index in [2.05, 4.69) is 9.88 Å². The van der Waals surface area contributed by atoms with Crippen molar-refractivity contribution >= 4 is 16.6 Å². The van der Waals surface area contributed by atoms with Crippen LogP contribution in [0.25, 0.3) is 22.3 Å². The number of benzene rings is 1. The smallest absolute Gasteiger partial charge is 0.398 e. The molecule has 168 valence electrons. The van der Waals surface area contributed by atoms with Gasteiger partial charge in [-0.05, 0) is 48.9 Å². The maximum absolute atomic E-state index is 12.7. The van der Waals surface area contributed by atoms with Crippen LogP contribution in [0.15, 0.2) is 59.2 Å². The van der Waals surface area contributed by atoms with Crippen LogP contribution in [-0.4, -0.2) is 28.4 Å². The van der Waals surface area contributed by atoms with Gasteiger partial charge < -0.3 is 21.4 Å². The number of aryl methyl sites for hydroxylation is 1. The number of halogens is 3. The Morgan fingerprint density at radius 1 is 1.09 bits per heavy atom. The number of hydrogen-bond donors (Lipinski definition) is 3. The second-order valence-corrected chi connectivity index (χ2v) is 7.80. The van der Waals surface area contributed by atoms with Gasteiger partial charge in [0.2, 0.25) is 0 Å². The van der Waals surface area contributed by atoms with Crippen LogP contribution in [0, 0.1) is 0 Å². The quantitative estimate of drug-likeness (QED) is 0.543. The van der Waals surface area contributed by atoms with Gasteiger partial charge >= 0.3 is 6.18 Å². The van der Waals surface area contributed by atoms with E-state index < -0.39 is 11.9 Å². The van der Waals surface area contributed by atoms with Gasteiger partial charge in [0, 0.05) is 54.6 Å². The molecule has 0 unspecified atom stereocenters. The minimum absolute atomic E-state index is 0.0108. The van der Waals surface area contributed by atoms with Crippen LogP contribution in [0.2, 0.25) is 0 Å². The fraction of sp³-hybridized carbons (Fsp3) is 0.261. The molecule has 32 heavy (non-hydrogen) atoms. The Bertz CT molecular complexity index is 1300. The van der Waals surface area contributed by atoms with Crippen LogP contribution in [0.3, 0.4) is 0 Å². The number of pyridine rings is 1. The summed E-state index contributed by atoms with van der Waals surface area (Å²) in [6.45, 7) is 1.87. The molecule has 9 heteroatoms. The van der Waals surface area contributed by atoms with Gasteiger partial charge in [-0.1, -0.05) is 6.07 Å². The Morgan fingerprint density at radius 3 is 2.56 bits per heavy atom. The van der Waals surface area contributed by atoms with E-state index >= 15 is 0 Å². The van der Waals surface area contributed by atoms with Gasteiger partial charge in [-0.3, -0.25) is 9.36 Å². The van der Waals surface area contributed by atoms with Crippen LogP contribution in [0.4, 0.5) is 13.2 Å². The summed E-state index contributed by atoms with van der Waals surface area (Å²) in [4.78, 5) is 12.7. The van der Waals surface area contributed by atoms with E-state index in [4.69, 9.17) is 11.5 Å². The average Bonchev–Trinajstić information content (AvgIpc) is 2.90. The molecule has 0 fully saturated rings. The highest BCUT2D eigenvalue weighted by atomic mass is 19.4. The molecule has 0 aliphatic carbocycles. The predicted octanol–water partition coefficient (Wildman–Crippen LogP) is 2.72. The van der Waals surface area contributed by atoms with E-state index in [1.807, 2.05) is 25.2 Å². The first-order chi connectivity index (χ1) is 15.2. The Labute approximate surface area is 182 Å². The van der Waals surface area contributed by atoms with Crippen LogP contribution < -0.4 is 22.3 Å². The third-order valence-corrected chi connectivity index (χ3v) is 5.81. The Balaban J connectivity index is 1.69. The zero-order chi connectivity index (χ0) is 23.0. The molecule has 3 heterocycles. The molecule has 0 radical (unpaired) electrons. The summed E-state index contributed by atoms with van der Waals surface area (Å²) < 4.78 is 41.2. The minimum Gasteiger partial charge on any atom is -0.398 e. The van der Waals surface area contributed by atoms with Gasteiger partial charge in [0.1, 0.15) is 5.70 Å². The number of rotatable bonds is 3. The lowest BCUT2D eigenvalue weighted by molar-refractivity contribution is -0.0926. The van der Waals surface area contributed by atoms with Gasteiger partial charge in [0.15, 0.2) is 0 Å². The molecule has 4 rings (SSSR count). The van der Waals surface area contributed by atoms with Crippen molar-refractivity contribution in [2.24, 2.45) is 18.5 Å². The number of alkyl halides is 3. The number of fused-ring (bicyclic) bond motifs is 3. The summed E-state index contributed by atoms with van der Waals surface area (Å²) in [5.41, 5.74) is 13.9. The maximum Gasteiger partial charge on any atom is 0.430 e. The van der Waals surface area contributed by atoms with E-state index in [1.54, 1.807) is 12.3 Å². The molecule has 6 nitrogen and oxygen atoms in total. The van der Waals surface area contributed by atoms with Crippen molar-refractivity contribution in [2.45, 2.75) is 19.0 Å². The molecule has 1 aliphatic heterocycles. The number of nitrogens with one attached hydrogen (secondary N) is 1. The van der Waals surface area contributed by atoms with Crippen LogP contribution in [0.1, 0.15) is 16.8 Å². The van der Waals surface area contributed by atoms with Crippen molar-refractivity contribution in [3.05, 3.63) is 81.6 Å². The van der Waals surface area contributed by atoms with Crippen LogP contribution in [-0.2, 0) is 19.9 Å². The summed E-state index contributed by atoms with van der Waals surface area (Å²) >= 11 is 0. The fourth-order valence-corrected chi connectivity index (χ4v) is 4.09. The van der Waals surface area contributed by atoms with Crippen molar-refractivity contribution < 1.29 is 13.2 Å². The number of allylic oxidation sites excluding steroid dienone is 3. The zero-order valence-electron chi connectivity index (χ0n) is 17.5. The van der Waals surface area contributed by atoms with E-state index in [-0.39, 0.29) is 11.3 Å². The zero-order valence-corrected chi connectivity index (χ0v) is 17.5. The second kappa shape index (κ2) is 8.23. The number of nitrogens with two attached hydrogens (primary N) is 2. The summed E-state index contributed by atoms with van der Waals surface area (Å²) in [6, 6.07) is 8.78. The van der Waals surface area contributed by atoms with E-state index in [0.717, 1.165) is 37.5 Å². The second-order valence-electron chi connectivity index (χ2n) is 7.80. The first-order valence-electron chi connectivity index (χ1n) is 10.2.